The van der Waals surface area contributed by atoms with Crippen LogP contribution in [0.4, 0.5) is 24.7 Å². The third-order valence-corrected chi connectivity index (χ3v) is 6.87. The number of morpholine rings is 1. The number of methoxy groups -OCH3 is 1. The van der Waals surface area contributed by atoms with Gasteiger partial charge >= 0.3 is 6.18 Å². The lowest BCUT2D eigenvalue weighted by Gasteiger charge is -2.33. The Bertz CT molecular complexity index is 1460. The summed E-state index contributed by atoms with van der Waals surface area (Å²) >= 11 is 0. The van der Waals surface area contributed by atoms with Crippen molar-refractivity contribution in [1.82, 2.24) is 24.3 Å². The summed E-state index contributed by atoms with van der Waals surface area (Å²) in [5, 5.41) is 13.1. The first-order valence-electron chi connectivity index (χ1n) is 12.7. The van der Waals surface area contributed by atoms with Crippen LogP contribution in [0.5, 0.6) is 5.75 Å². The second kappa shape index (κ2) is 10.2. The van der Waals surface area contributed by atoms with Gasteiger partial charge in [0.25, 0.3) is 0 Å². The molecule has 3 aromatic rings. The number of imidazole rings is 1. The van der Waals surface area contributed by atoms with Gasteiger partial charge in [-0.3, -0.25) is 14.8 Å². The fourth-order valence-corrected chi connectivity index (χ4v) is 4.94. The van der Waals surface area contributed by atoms with E-state index in [0.29, 0.717) is 37.7 Å². The summed E-state index contributed by atoms with van der Waals surface area (Å²) in [6.07, 6.45) is -2.77. The van der Waals surface area contributed by atoms with Crippen molar-refractivity contribution in [3.05, 3.63) is 53.4 Å². The number of rotatable bonds is 6. The van der Waals surface area contributed by atoms with Gasteiger partial charge in [0.15, 0.2) is 11.6 Å². The Morgan fingerprint density at radius 2 is 1.93 bits per heavy atom. The van der Waals surface area contributed by atoms with Gasteiger partial charge in [0.05, 0.1) is 32.6 Å². The van der Waals surface area contributed by atoms with Crippen LogP contribution in [0.1, 0.15) is 42.9 Å². The summed E-state index contributed by atoms with van der Waals surface area (Å²) in [4.78, 5) is 19.6. The van der Waals surface area contributed by atoms with E-state index in [0.717, 1.165) is 15.3 Å². The Morgan fingerprint density at radius 1 is 1.20 bits per heavy atom. The summed E-state index contributed by atoms with van der Waals surface area (Å²) in [5.74, 6) is 0.0352. The van der Waals surface area contributed by atoms with Crippen molar-refractivity contribution in [3.63, 3.8) is 0 Å². The number of fused-ring (bicyclic) bond motifs is 1. The third-order valence-electron chi connectivity index (χ3n) is 6.87. The van der Waals surface area contributed by atoms with Crippen molar-refractivity contribution in [2.45, 2.75) is 38.5 Å². The fourth-order valence-electron chi connectivity index (χ4n) is 4.94. The molecule has 2 aromatic heterocycles. The zero-order valence-electron chi connectivity index (χ0n) is 22.6. The molecule has 5 rings (SSSR count). The fraction of sp³-hybridized carbons (Fsp3) is 0.462. The molecule has 1 aromatic carbocycles. The van der Waals surface area contributed by atoms with Crippen LogP contribution in [0, 0.1) is 5.41 Å². The van der Waals surface area contributed by atoms with Gasteiger partial charge in [0, 0.05) is 42.7 Å². The third kappa shape index (κ3) is 5.16. The molecule has 40 heavy (non-hydrogen) atoms. The Hall–Kier alpha value is -3.91. The van der Waals surface area contributed by atoms with Crippen LogP contribution in [-0.2, 0) is 10.2 Å². The van der Waals surface area contributed by atoms with Gasteiger partial charge in [-0.25, -0.2) is 9.67 Å². The number of aromatic nitrogens is 4. The Morgan fingerprint density at radius 3 is 2.52 bits per heavy atom. The summed E-state index contributed by atoms with van der Waals surface area (Å²) in [5.41, 5.74) is 3.98. The van der Waals surface area contributed by atoms with Crippen LogP contribution in [0.3, 0.4) is 0 Å². The van der Waals surface area contributed by atoms with Crippen molar-refractivity contribution in [1.29, 1.82) is 5.41 Å². The number of anilines is 2. The maximum Gasteiger partial charge on any atom is 0.426 e. The van der Waals surface area contributed by atoms with Crippen molar-refractivity contribution < 1.29 is 27.4 Å². The number of carbonyl (C=O) groups is 1. The minimum absolute atomic E-state index is 0.0226. The lowest BCUT2D eigenvalue weighted by molar-refractivity contribution is -0.199. The molecule has 1 saturated heterocycles. The second-order valence-electron chi connectivity index (χ2n) is 10.7. The number of hydrogen-bond acceptors (Lipinski definition) is 9. The Balaban J connectivity index is 1.52. The molecule has 0 amide bonds. The number of alkyl halides is 3. The number of nitrogens with zero attached hydrogens (tertiary/aromatic N) is 6. The molecule has 11 nitrogen and oxygen atoms in total. The van der Waals surface area contributed by atoms with E-state index < -0.39 is 30.1 Å². The molecular weight excluding hydrogens is 529 g/mol. The Labute approximate surface area is 228 Å². The molecule has 1 unspecified atom stereocenters. The van der Waals surface area contributed by atoms with Gasteiger partial charge in [0.1, 0.15) is 23.3 Å². The van der Waals surface area contributed by atoms with E-state index in [1.54, 1.807) is 19.2 Å². The molecule has 1 atom stereocenters. The number of hydrazine groups is 1. The molecule has 2 aliphatic heterocycles. The zero-order chi connectivity index (χ0) is 28.8. The van der Waals surface area contributed by atoms with E-state index in [-0.39, 0.29) is 22.6 Å². The van der Waals surface area contributed by atoms with Crippen LogP contribution in [0.25, 0.3) is 5.82 Å². The summed E-state index contributed by atoms with van der Waals surface area (Å²) in [6.45, 7) is 7.57. The van der Waals surface area contributed by atoms with Gasteiger partial charge in [-0.15, -0.1) is 5.10 Å². The van der Waals surface area contributed by atoms with Crippen LogP contribution in [-0.4, -0.2) is 76.3 Å². The largest absolute Gasteiger partial charge is 0.494 e. The molecule has 0 spiro atoms. The summed E-state index contributed by atoms with van der Waals surface area (Å²) in [7, 11) is 1.57. The van der Waals surface area contributed by atoms with E-state index in [4.69, 9.17) is 14.9 Å². The molecule has 14 heteroatoms. The molecule has 0 aliphatic carbocycles. The first kappa shape index (κ1) is 27.6. The Kier molecular flexibility index (Phi) is 7.08. The molecule has 4 heterocycles. The molecule has 0 saturated carbocycles. The molecule has 2 aliphatic rings. The van der Waals surface area contributed by atoms with Gasteiger partial charge < -0.3 is 19.8 Å². The number of Topliss-reactive ketones (excluding diaryl/α,β-unsaturated/α-hetero) is 1. The highest BCUT2D eigenvalue weighted by atomic mass is 19.4. The lowest BCUT2D eigenvalue weighted by atomic mass is 9.84. The maximum absolute atomic E-state index is 14.4. The first-order chi connectivity index (χ1) is 18.9. The zero-order valence-corrected chi connectivity index (χ0v) is 22.6. The summed E-state index contributed by atoms with van der Waals surface area (Å²) < 4.78 is 56.5. The molecule has 1 fully saturated rings. The van der Waals surface area contributed by atoms with Crippen LogP contribution < -0.4 is 20.4 Å². The van der Waals surface area contributed by atoms with Crippen molar-refractivity contribution in [2.24, 2.45) is 0 Å². The predicted molar refractivity (Wildman–Crippen MR) is 140 cm³/mol. The molecule has 214 valence electrons. The van der Waals surface area contributed by atoms with Gasteiger partial charge in [-0.2, -0.15) is 18.2 Å². The molecule has 0 radical (unpaired) electrons. The average Bonchev–Trinajstić information content (AvgIpc) is 3.54. The van der Waals surface area contributed by atoms with E-state index >= 15 is 0 Å². The standard InChI is InChI=1S/C26H31F3N8O3/c1-25(2,3)17-11-16(12-19(22(17)39-4)34-7-9-40-10-8-34)20(38)14-36-24(26(27,28)29)37-21(32-36)13-18(30)23(33-37)35-6-5-31-15-35/h5-6,11-13,15,24,30,32H,7-10,14H2,1-4H3. The minimum Gasteiger partial charge on any atom is -0.494 e. The van der Waals surface area contributed by atoms with Crippen molar-refractivity contribution in [3.8, 4) is 11.6 Å². The summed E-state index contributed by atoms with van der Waals surface area (Å²) in [6, 6.07) is 4.62. The lowest BCUT2D eigenvalue weighted by Crippen LogP contribution is -2.42. The normalized spacial score (nSPS) is 18.0. The van der Waals surface area contributed by atoms with E-state index in [1.165, 1.54) is 29.4 Å². The number of ether oxygens (including phenoxy) is 2. The number of ketones is 1. The van der Waals surface area contributed by atoms with Crippen LogP contribution >= 0.6 is 0 Å². The highest BCUT2D eigenvalue weighted by molar-refractivity contribution is 5.99. The monoisotopic (exact) mass is 560 g/mol. The smallest absolute Gasteiger partial charge is 0.426 e. The number of halogens is 3. The highest BCUT2D eigenvalue weighted by Crippen LogP contribution is 2.42. The van der Waals surface area contributed by atoms with Gasteiger partial charge in [-0.05, 0) is 17.5 Å². The predicted octanol–water partition coefficient (Wildman–Crippen LogP) is 3.28. The minimum atomic E-state index is -4.78. The van der Waals surface area contributed by atoms with Crippen molar-refractivity contribution >= 4 is 17.3 Å². The van der Waals surface area contributed by atoms with E-state index in [9.17, 15) is 18.0 Å². The molecular formula is C26H31F3N8O3. The number of hydrogen-bond donors (Lipinski definition) is 2. The van der Waals surface area contributed by atoms with Crippen molar-refractivity contribution in [2.75, 3.05) is 50.3 Å². The molecule has 2 N–H and O–H groups in total. The average molecular weight is 561 g/mol. The molecule has 0 bridgehead atoms. The number of nitrogens with one attached hydrogen (secondary N) is 2. The van der Waals surface area contributed by atoms with Gasteiger partial charge in [-0.1, -0.05) is 20.8 Å². The van der Waals surface area contributed by atoms with Gasteiger partial charge in [0.2, 0.25) is 6.17 Å². The first-order valence-corrected chi connectivity index (χ1v) is 12.7. The van der Waals surface area contributed by atoms with E-state index in [1.807, 2.05) is 20.8 Å². The SMILES string of the molecule is COc1c(N2CCOCC2)cc(C(=O)CN2Nc3cc(=N)c(-n4ccnc4)nn3C2C(F)(F)F)cc1C(C)(C)C. The van der Waals surface area contributed by atoms with Crippen LogP contribution in [0.15, 0.2) is 36.9 Å². The highest BCUT2D eigenvalue weighted by Gasteiger charge is 2.51. The second-order valence-corrected chi connectivity index (χ2v) is 10.7. The number of benzene rings is 1. The van der Waals surface area contributed by atoms with E-state index in [2.05, 4.69) is 20.4 Å². The topological polar surface area (TPSA) is 114 Å². The maximum atomic E-state index is 14.4. The quantitative estimate of drug-likeness (QED) is 0.442. The van der Waals surface area contributed by atoms with Crippen LogP contribution in [0.2, 0.25) is 0 Å². The number of carbonyl (C=O) groups excluding carboxylic acids is 1.